The van der Waals surface area contributed by atoms with Crippen LogP contribution in [0.4, 0.5) is 0 Å². The Labute approximate surface area is 107 Å². The van der Waals surface area contributed by atoms with E-state index in [1.165, 1.54) is 0 Å². The Hall–Kier alpha value is 1.42. The van der Waals surface area contributed by atoms with Crippen LogP contribution in [-0.2, 0) is 4.79 Å². The van der Waals surface area contributed by atoms with Crippen LogP contribution in [0.3, 0.4) is 0 Å². The second kappa shape index (κ2) is 7.09. The largest absolute Gasteiger partial charge is 1.00 e. The minimum Gasteiger partial charge on any atom is -0.870 e. The zero-order chi connectivity index (χ0) is 5.98. The van der Waals surface area contributed by atoms with E-state index < -0.39 is 0 Å². The summed E-state index contributed by atoms with van der Waals surface area (Å²) in [6.45, 7) is 2.09. The maximum Gasteiger partial charge on any atom is 1.00 e. The molecule has 1 saturated heterocycles. The van der Waals surface area contributed by atoms with Crippen molar-refractivity contribution >= 4 is 17.7 Å². The Morgan fingerprint density at radius 2 is 2.30 bits per heavy atom. The van der Waals surface area contributed by atoms with Gasteiger partial charge in [0, 0.05) is 0 Å². The summed E-state index contributed by atoms with van der Waals surface area (Å²) in [5.74, 6) is 1.28. The molecular weight excluding hydrogens is 177 g/mol. The van der Waals surface area contributed by atoms with Gasteiger partial charge in [-0.05, 0) is 5.75 Å². The van der Waals surface area contributed by atoms with Crippen LogP contribution in [0.5, 0.6) is 0 Å². The molecule has 1 rings (SSSR count). The minimum absolute atomic E-state index is 0. The first-order valence-electron chi connectivity index (χ1n) is 2.74. The first-order valence-corrected chi connectivity index (χ1v) is 3.78. The number of β-lactam (4-membered cyclic amide) rings is 1. The first kappa shape index (κ1) is 14.0. The van der Waals surface area contributed by atoms with Crippen molar-refractivity contribution in [3.05, 3.63) is 0 Å². The van der Waals surface area contributed by atoms with Gasteiger partial charge in [0.1, 0.15) is 0 Å². The molecule has 3 nitrogen and oxygen atoms in total. The minimum atomic E-state index is 0. The molecule has 0 bridgehead atoms. The third-order valence-electron chi connectivity index (χ3n) is 1.06. The SMILES string of the molecule is CCSC1CC(=O)N1.[K+].[OH-]. The Balaban J connectivity index is 0. The van der Waals surface area contributed by atoms with Crippen molar-refractivity contribution in [1.29, 1.82) is 0 Å². The molecule has 54 valence electrons. The van der Waals surface area contributed by atoms with Crippen LogP contribution in [0.25, 0.3) is 0 Å². The summed E-state index contributed by atoms with van der Waals surface area (Å²) in [6.07, 6.45) is 0.721. The van der Waals surface area contributed by atoms with E-state index in [4.69, 9.17) is 0 Å². The van der Waals surface area contributed by atoms with Gasteiger partial charge in [-0.2, -0.15) is 0 Å². The molecule has 0 aromatic heterocycles. The van der Waals surface area contributed by atoms with Crippen molar-refractivity contribution < 1.29 is 61.7 Å². The topological polar surface area (TPSA) is 59.1 Å². The molecule has 2 N–H and O–H groups in total. The maximum absolute atomic E-state index is 10.3. The van der Waals surface area contributed by atoms with E-state index in [0.29, 0.717) is 5.37 Å². The Kier molecular flexibility index (Phi) is 9.90. The maximum atomic E-state index is 10.3. The second-order valence-corrected chi connectivity index (χ2v) is 3.20. The van der Waals surface area contributed by atoms with Crippen molar-refractivity contribution in [3.8, 4) is 0 Å². The van der Waals surface area contributed by atoms with Gasteiger partial charge in [-0.1, -0.05) is 6.92 Å². The monoisotopic (exact) mass is 187 g/mol. The van der Waals surface area contributed by atoms with Gasteiger partial charge in [0.05, 0.1) is 11.8 Å². The Morgan fingerprint density at radius 3 is 2.60 bits per heavy atom. The number of carbonyl (C=O) groups is 1. The Morgan fingerprint density at radius 1 is 1.80 bits per heavy atom. The second-order valence-electron chi connectivity index (χ2n) is 1.72. The van der Waals surface area contributed by atoms with E-state index >= 15 is 0 Å². The predicted octanol–water partition coefficient (Wildman–Crippen LogP) is -2.59. The van der Waals surface area contributed by atoms with Crippen molar-refractivity contribution in [2.24, 2.45) is 0 Å². The molecule has 1 aliphatic heterocycles. The molecule has 10 heavy (non-hydrogen) atoms. The Bertz CT molecular complexity index is 104. The van der Waals surface area contributed by atoms with E-state index in [0.717, 1.165) is 12.2 Å². The van der Waals surface area contributed by atoms with Crippen LogP contribution in [0, 0.1) is 0 Å². The van der Waals surface area contributed by atoms with Crippen molar-refractivity contribution in [3.63, 3.8) is 0 Å². The van der Waals surface area contributed by atoms with Crippen molar-refractivity contribution in [1.82, 2.24) is 5.32 Å². The molecule has 0 aliphatic carbocycles. The van der Waals surface area contributed by atoms with Gasteiger partial charge in [-0.15, -0.1) is 11.8 Å². The number of amides is 1. The standard InChI is InChI=1S/C5H9NOS.K.H2O/c1-2-8-5-3-4(7)6-5;;/h5H,2-3H2,1H3,(H,6,7);;1H2/q;+1;/p-1. The molecule has 1 heterocycles. The normalized spacial score (nSPS) is 21.3. The van der Waals surface area contributed by atoms with E-state index in [1.807, 2.05) is 0 Å². The zero-order valence-electron chi connectivity index (χ0n) is 6.26. The average Bonchev–Trinajstić information content (AvgIpc) is 1.64. The summed E-state index contributed by atoms with van der Waals surface area (Å²) >= 11 is 1.79. The number of thioether (sulfide) groups is 1. The third kappa shape index (κ3) is 4.33. The van der Waals surface area contributed by atoms with E-state index in [2.05, 4.69) is 12.2 Å². The molecule has 5 heteroatoms. The van der Waals surface area contributed by atoms with Gasteiger partial charge in [0.25, 0.3) is 0 Å². The van der Waals surface area contributed by atoms with Crippen LogP contribution >= 0.6 is 11.8 Å². The molecule has 1 amide bonds. The molecular formula is C5H10KNO2S. The van der Waals surface area contributed by atoms with E-state index in [1.54, 1.807) is 11.8 Å². The van der Waals surface area contributed by atoms with Gasteiger partial charge in [-0.25, -0.2) is 0 Å². The fourth-order valence-electron chi connectivity index (χ4n) is 0.629. The fraction of sp³-hybridized carbons (Fsp3) is 0.800. The summed E-state index contributed by atoms with van der Waals surface area (Å²) < 4.78 is 0. The molecule has 1 aliphatic rings. The van der Waals surface area contributed by atoms with Crippen LogP contribution in [0.15, 0.2) is 0 Å². The van der Waals surface area contributed by atoms with Crippen LogP contribution in [-0.4, -0.2) is 22.5 Å². The first-order chi connectivity index (χ1) is 3.83. The molecule has 0 aromatic carbocycles. The summed E-state index contributed by atoms with van der Waals surface area (Å²) in [6, 6.07) is 0. The summed E-state index contributed by atoms with van der Waals surface area (Å²) in [5.41, 5.74) is 0. The zero-order valence-corrected chi connectivity index (χ0v) is 10.2. The van der Waals surface area contributed by atoms with Crippen molar-refractivity contribution in [2.75, 3.05) is 5.75 Å². The molecule has 0 spiro atoms. The van der Waals surface area contributed by atoms with Gasteiger partial charge in [0.2, 0.25) is 5.91 Å². The van der Waals surface area contributed by atoms with Crippen LogP contribution in [0.2, 0.25) is 0 Å². The molecule has 0 aromatic rings. The van der Waals surface area contributed by atoms with E-state index in [9.17, 15) is 4.79 Å². The van der Waals surface area contributed by atoms with E-state index in [-0.39, 0.29) is 62.8 Å². The van der Waals surface area contributed by atoms with Gasteiger partial charge in [-0.3, -0.25) is 4.79 Å². The molecule has 0 radical (unpaired) electrons. The van der Waals surface area contributed by atoms with Gasteiger partial charge in [0.15, 0.2) is 0 Å². The summed E-state index contributed by atoms with van der Waals surface area (Å²) in [4.78, 5) is 10.3. The van der Waals surface area contributed by atoms with Crippen molar-refractivity contribution in [2.45, 2.75) is 18.7 Å². The number of hydrogen-bond donors (Lipinski definition) is 1. The van der Waals surface area contributed by atoms with Crippen LogP contribution < -0.4 is 56.7 Å². The fourth-order valence-corrected chi connectivity index (χ4v) is 1.51. The third-order valence-corrected chi connectivity index (χ3v) is 2.08. The van der Waals surface area contributed by atoms with Gasteiger partial charge >= 0.3 is 51.4 Å². The summed E-state index contributed by atoms with van der Waals surface area (Å²) in [7, 11) is 0. The number of hydrogen-bond acceptors (Lipinski definition) is 3. The molecule has 0 saturated carbocycles. The number of carbonyl (C=O) groups excluding carboxylic acids is 1. The molecule has 1 unspecified atom stereocenters. The smallest absolute Gasteiger partial charge is 0.870 e. The average molecular weight is 187 g/mol. The number of rotatable bonds is 2. The predicted molar refractivity (Wildman–Crippen MR) is 36.6 cm³/mol. The summed E-state index contributed by atoms with van der Waals surface area (Å²) in [5, 5.41) is 3.19. The molecule has 1 atom stereocenters. The van der Waals surface area contributed by atoms with Gasteiger partial charge < -0.3 is 10.8 Å². The quantitative estimate of drug-likeness (QED) is 0.381. The number of nitrogens with one attached hydrogen (secondary N) is 1. The van der Waals surface area contributed by atoms with Crippen LogP contribution in [0.1, 0.15) is 13.3 Å². The molecule has 1 fully saturated rings.